The first kappa shape index (κ1) is 9.19. The van der Waals surface area contributed by atoms with Gasteiger partial charge in [0.1, 0.15) is 0 Å². The molecule has 1 aromatic heterocycles. The molecule has 1 atom stereocenters. The SMILES string of the molecule is C[C@@H](N)c1cc2c(Br)cccc2s1. The Bertz CT molecular complexity index is 433. The maximum atomic E-state index is 5.82. The molecule has 0 unspecified atom stereocenters. The van der Waals surface area contributed by atoms with Crippen LogP contribution < -0.4 is 5.73 Å². The van der Waals surface area contributed by atoms with E-state index in [0.717, 1.165) is 4.47 Å². The van der Waals surface area contributed by atoms with Crippen LogP contribution >= 0.6 is 27.3 Å². The third kappa shape index (κ3) is 1.64. The molecule has 0 aliphatic rings. The molecular weight excluding hydrogens is 246 g/mol. The summed E-state index contributed by atoms with van der Waals surface area (Å²) in [7, 11) is 0. The van der Waals surface area contributed by atoms with Gasteiger partial charge in [-0.05, 0) is 25.1 Å². The first-order valence-electron chi connectivity index (χ1n) is 4.12. The monoisotopic (exact) mass is 255 g/mol. The maximum Gasteiger partial charge on any atom is 0.0361 e. The van der Waals surface area contributed by atoms with Crippen LogP contribution in [0.15, 0.2) is 28.7 Å². The molecule has 2 rings (SSSR count). The highest BCUT2D eigenvalue weighted by Crippen LogP contribution is 2.33. The van der Waals surface area contributed by atoms with Crippen molar-refractivity contribution >= 4 is 37.4 Å². The molecule has 0 bridgehead atoms. The van der Waals surface area contributed by atoms with E-state index in [2.05, 4.69) is 34.1 Å². The molecule has 0 fully saturated rings. The van der Waals surface area contributed by atoms with Gasteiger partial charge in [0.2, 0.25) is 0 Å². The van der Waals surface area contributed by atoms with E-state index in [1.165, 1.54) is 15.0 Å². The molecule has 1 heterocycles. The van der Waals surface area contributed by atoms with Gasteiger partial charge in [0.25, 0.3) is 0 Å². The number of benzene rings is 1. The van der Waals surface area contributed by atoms with Crippen molar-refractivity contribution in [3.63, 3.8) is 0 Å². The summed E-state index contributed by atoms with van der Waals surface area (Å²) in [5.41, 5.74) is 5.82. The van der Waals surface area contributed by atoms with Gasteiger partial charge in [0.05, 0.1) is 0 Å². The summed E-state index contributed by atoms with van der Waals surface area (Å²) in [6.07, 6.45) is 0. The third-order valence-electron chi connectivity index (χ3n) is 1.98. The molecule has 0 aliphatic heterocycles. The number of nitrogens with two attached hydrogens (primary N) is 1. The Morgan fingerprint density at radius 3 is 2.85 bits per heavy atom. The van der Waals surface area contributed by atoms with Crippen LogP contribution in [0.3, 0.4) is 0 Å². The fourth-order valence-electron chi connectivity index (χ4n) is 1.27. The minimum atomic E-state index is 0.129. The molecule has 13 heavy (non-hydrogen) atoms. The number of thiophene rings is 1. The quantitative estimate of drug-likeness (QED) is 0.827. The van der Waals surface area contributed by atoms with Gasteiger partial charge < -0.3 is 5.73 Å². The highest BCUT2D eigenvalue weighted by molar-refractivity contribution is 9.10. The summed E-state index contributed by atoms with van der Waals surface area (Å²) in [4.78, 5) is 1.24. The minimum absolute atomic E-state index is 0.129. The average Bonchev–Trinajstić information content (AvgIpc) is 2.49. The van der Waals surface area contributed by atoms with Crippen molar-refractivity contribution in [2.75, 3.05) is 0 Å². The predicted molar refractivity (Wildman–Crippen MR) is 62.1 cm³/mol. The zero-order valence-electron chi connectivity index (χ0n) is 7.25. The Hall–Kier alpha value is -0.380. The van der Waals surface area contributed by atoms with Gasteiger partial charge in [-0.1, -0.05) is 22.0 Å². The van der Waals surface area contributed by atoms with Gasteiger partial charge >= 0.3 is 0 Å². The molecule has 0 spiro atoms. The lowest BCUT2D eigenvalue weighted by molar-refractivity contribution is 0.839. The smallest absolute Gasteiger partial charge is 0.0361 e. The van der Waals surface area contributed by atoms with Crippen LogP contribution in [-0.2, 0) is 0 Å². The Labute approximate surface area is 89.7 Å². The van der Waals surface area contributed by atoms with Crippen molar-refractivity contribution in [2.45, 2.75) is 13.0 Å². The van der Waals surface area contributed by atoms with E-state index >= 15 is 0 Å². The van der Waals surface area contributed by atoms with Crippen LogP contribution in [0, 0.1) is 0 Å². The molecule has 68 valence electrons. The van der Waals surface area contributed by atoms with E-state index in [0.29, 0.717) is 0 Å². The number of fused-ring (bicyclic) bond motifs is 1. The first-order chi connectivity index (χ1) is 6.18. The lowest BCUT2D eigenvalue weighted by atomic mass is 10.2. The van der Waals surface area contributed by atoms with E-state index in [1.54, 1.807) is 11.3 Å². The fourth-order valence-corrected chi connectivity index (χ4v) is 2.92. The summed E-state index contributed by atoms with van der Waals surface area (Å²) in [5, 5.41) is 1.26. The number of hydrogen-bond donors (Lipinski definition) is 1. The lowest BCUT2D eigenvalue weighted by Crippen LogP contribution is -2.01. The second kappa shape index (κ2) is 3.40. The molecule has 0 saturated carbocycles. The van der Waals surface area contributed by atoms with Gasteiger partial charge in [0.15, 0.2) is 0 Å². The van der Waals surface area contributed by atoms with Gasteiger partial charge in [0, 0.05) is 25.5 Å². The summed E-state index contributed by atoms with van der Waals surface area (Å²) in [6.45, 7) is 2.01. The third-order valence-corrected chi connectivity index (χ3v) is 3.97. The van der Waals surface area contributed by atoms with Gasteiger partial charge in [-0.3, -0.25) is 0 Å². The molecule has 2 aromatic rings. The van der Waals surface area contributed by atoms with E-state index < -0.39 is 0 Å². The van der Waals surface area contributed by atoms with Crippen molar-refractivity contribution in [3.8, 4) is 0 Å². The molecule has 3 heteroatoms. The minimum Gasteiger partial charge on any atom is -0.324 e. The second-order valence-corrected chi connectivity index (χ2v) is 5.06. The van der Waals surface area contributed by atoms with E-state index in [9.17, 15) is 0 Å². The van der Waals surface area contributed by atoms with E-state index in [1.807, 2.05) is 13.0 Å². The van der Waals surface area contributed by atoms with Crippen molar-refractivity contribution in [1.29, 1.82) is 0 Å². The van der Waals surface area contributed by atoms with E-state index in [-0.39, 0.29) is 6.04 Å². The average molecular weight is 256 g/mol. The van der Waals surface area contributed by atoms with Gasteiger partial charge in [-0.25, -0.2) is 0 Å². The van der Waals surface area contributed by atoms with Crippen LogP contribution in [0.25, 0.3) is 10.1 Å². The van der Waals surface area contributed by atoms with Crippen LogP contribution in [-0.4, -0.2) is 0 Å². The van der Waals surface area contributed by atoms with Crippen LogP contribution in [0.1, 0.15) is 17.8 Å². The Morgan fingerprint density at radius 2 is 2.23 bits per heavy atom. The predicted octanol–water partition coefficient (Wildman–Crippen LogP) is 3.68. The van der Waals surface area contributed by atoms with Crippen LogP contribution in [0.4, 0.5) is 0 Å². The Kier molecular flexibility index (Phi) is 2.41. The maximum absolute atomic E-state index is 5.82. The Balaban J connectivity index is 2.68. The molecule has 2 N–H and O–H groups in total. The van der Waals surface area contributed by atoms with Gasteiger partial charge in [-0.2, -0.15) is 0 Å². The van der Waals surface area contributed by atoms with Crippen molar-refractivity contribution in [1.82, 2.24) is 0 Å². The number of halogens is 1. The highest BCUT2D eigenvalue weighted by Gasteiger charge is 2.06. The zero-order valence-corrected chi connectivity index (χ0v) is 9.65. The van der Waals surface area contributed by atoms with Crippen LogP contribution in [0.2, 0.25) is 0 Å². The normalized spacial score (nSPS) is 13.5. The largest absolute Gasteiger partial charge is 0.324 e. The molecule has 1 aromatic carbocycles. The molecular formula is C10H10BrNS. The van der Waals surface area contributed by atoms with Crippen molar-refractivity contribution in [2.24, 2.45) is 5.73 Å². The molecule has 0 amide bonds. The highest BCUT2D eigenvalue weighted by atomic mass is 79.9. The lowest BCUT2D eigenvalue weighted by Gasteiger charge is -1.96. The van der Waals surface area contributed by atoms with Crippen LogP contribution in [0.5, 0.6) is 0 Å². The number of hydrogen-bond acceptors (Lipinski definition) is 2. The molecule has 1 nitrogen and oxygen atoms in total. The summed E-state index contributed by atoms with van der Waals surface area (Å²) in [6, 6.07) is 8.52. The number of rotatable bonds is 1. The zero-order chi connectivity index (χ0) is 9.42. The summed E-state index contributed by atoms with van der Waals surface area (Å²) in [5.74, 6) is 0. The molecule has 0 saturated heterocycles. The summed E-state index contributed by atoms with van der Waals surface area (Å²) >= 11 is 5.29. The van der Waals surface area contributed by atoms with Crippen molar-refractivity contribution in [3.05, 3.63) is 33.6 Å². The van der Waals surface area contributed by atoms with Crippen molar-refractivity contribution < 1.29 is 0 Å². The summed E-state index contributed by atoms with van der Waals surface area (Å²) < 4.78 is 2.44. The Morgan fingerprint density at radius 1 is 1.46 bits per heavy atom. The van der Waals surface area contributed by atoms with Gasteiger partial charge in [-0.15, -0.1) is 11.3 Å². The topological polar surface area (TPSA) is 26.0 Å². The van der Waals surface area contributed by atoms with E-state index in [4.69, 9.17) is 5.73 Å². The standard InChI is InChI=1S/C10H10BrNS/c1-6(12)10-5-7-8(11)3-2-4-9(7)13-10/h2-6H,12H2,1H3/t6-/m1/s1. The second-order valence-electron chi connectivity index (χ2n) is 3.09. The molecule has 0 radical (unpaired) electrons. The fraction of sp³-hybridized carbons (Fsp3) is 0.200. The molecule has 0 aliphatic carbocycles. The first-order valence-corrected chi connectivity index (χ1v) is 5.73.